The molecule has 0 aromatic carbocycles. The molecule has 0 heterocycles. The summed E-state index contributed by atoms with van der Waals surface area (Å²) in [6.45, 7) is 0. The van der Waals surface area contributed by atoms with Crippen LogP contribution in [0, 0.1) is 0 Å². The van der Waals surface area contributed by atoms with Gasteiger partial charge in [-0.3, -0.25) is 0 Å². The second kappa shape index (κ2) is 3.55. The van der Waals surface area contributed by atoms with E-state index in [2.05, 4.69) is 4.74 Å². The first-order valence-electron chi connectivity index (χ1n) is 1.69. The van der Waals surface area contributed by atoms with Gasteiger partial charge >= 0.3 is 12.0 Å². The Balaban J connectivity index is 4.05. The molecule has 0 aliphatic carbocycles. The molecule has 0 bridgehead atoms. The van der Waals surface area contributed by atoms with Crippen LogP contribution in [0.4, 0.5) is 8.78 Å². The van der Waals surface area contributed by atoms with E-state index in [9.17, 15) is 18.4 Å². The average molecular weight is 134 g/mol. The van der Waals surface area contributed by atoms with E-state index < -0.39 is 12.0 Å². The third-order valence-corrected chi connectivity index (χ3v) is 0.340. The second-order valence-corrected chi connectivity index (χ2v) is 0.854. The zero-order chi connectivity index (χ0) is 7.28. The molecule has 0 aliphatic heterocycles. The highest BCUT2D eigenvalue weighted by atomic mass is 19.2. The monoisotopic (exact) mass is 134 g/mol. The molecule has 0 saturated carbocycles. The Labute approximate surface area is 48.2 Å². The van der Waals surface area contributed by atoms with Gasteiger partial charge in [0.25, 0.3) is 0 Å². The summed E-state index contributed by atoms with van der Waals surface area (Å²) in [4.78, 5) is 18.4. The Hall–Kier alpha value is -1.44. The molecule has 5 heteroatoms. The van der Waals surface area contributed by atoms with Crippen LogP contribution >= 0.6 is 0 Å². The summed E-state index contributed by atoms with van der Waals surface area (Å²) in [5.41, 5.74) is 0. The third-order valence-electron chi connectivity index (χ3n) is 0.340. The number of ether oxygens (including phenoxy) is 1. The van der Waals surface area contributed by atoms with Gasteiger partial charge in [-0.15, -0.1) is 0 Å². The minimum absolute atomic E-state index is 0.568. The first kappa shape index (κ1) is 7.56. The van der Waals surface area contributed by atoms with E-state index >= 15 is 0 Å². The molecule has 0 aromatic rings. The quantitative estimate of drug-likeness (QED) is 0.402. The SMILES string of the molecule is O=C=C(F)OC(F)=C=O. The van der Waals surface area contributed by atoms with Gasteiger partial charge in [0, 0.05) is 0 Å². The topological polar surface area (TPSA) is 43.4 Å². The van der Waals surface area contributed by atoms with Crippen LogP contribution in [0.25, 0.3) is 0 Å². The normalized spacial score (nSPS) is 6.89. The van der Waals surface area contributed by atoms with Crippen molar-refractivity contribution >= 4 is 11.9 Å². The highest BCUT2D eigenvalue weighted by Gasteiger charge is 2.00. The van der Waals surface area contributed by atoms with E-state index in [4.69, 9.17) is 0 Å². The Bertz CT molecular complexity index is 176. The Morgan fingerprint density at radius 1 is 1.11 bits per heavy atom. The number of halogens is 2. The molecular weight excluding hydrogens is 134 g/mol. The Morgan fingerprint density at radius 3 is 1.67 bits per heavy atom. The van der Waals surface area contributed by atoms with Crippen molar-refractivity contribution in [3.05, 3.63) is 12.0 Å². The van der Waals surface area contributed by atoms with E-state index in [1.807, 2.05) is 0 Å². The molecule has 48 valence electrons. The fraction of sp³-hybridized carbons (Fsp3) is 0. The van der Waals surface area contributed by atoms with Crippen molar-refractivity contribution in [1.82, 2.24) is 0 Å². The van der Waals surface area contributed by atoms with E-state index in [0.29, 0.717) is 11.9 Å². The number of hydrogen-bond donors (Lipinski definition) is 0. The summed E-state index contributed by atoms with van der Waals surface area (Å²) >= 11 is 0. The number of hydrogen-bond acceptors (Lipinski definition) is 3. The molecule has 0 unspecified atom stereocenters. The standard InChI is InChI=1S/C4F2O3/c5-3(1-7)9-4(6)2-8. The molecule has 0 N–H and O–H groups in total. The van der Waals surface area contributed by atoms with Gasteiger partial charge in [-0.05, 0) is 0 Å². The molecule has 0 saturated heterocycles. The van der Waals surface area contributed by atoms with E-state index in [1.165, 1.54) is 0 Å². The summed E-state index contributed by atoms with van der Waals surface area (Å²) in [5, 5.41) is 0. The molecule has 0 rings (SSSR count). The third kappa shape index (κ3) is 3.17. The minimum atomic E-state index is -1.84. The number of carbonyl (C=O) groups excluding carboxylic acids is 2. The van der Waals surface area contributed by atoms with Crippen molar-refractivity contribution in [3.63, 3.8) is 0 Å². The summed E-state index contributed by atoms with van der Waals surface area (Å²) < 4.78 is 26.0. The summed E-state index contributed by atoms with van der Waals surface area (Å²) in [6, 6.07) is -3.67. The van der Waals surface area contributed by atoms with Gasteiger partial charge in [0.05, 0.1) is 0 Å². The van der Waals surface area contributed by atoms with Crippen molar-refractivity contribution in [2.75, 3.05) is 0 Å². The molecule has 0 amide bonds. The predicted molar refractivity (Wildman–Crippen MR) is 21.7 cm³/mol. The van der Waals surface area contributed by atoms with Crippen LogP contribution in [0.2, 0.25) is 0 Å². The van der Waals surface area contributed by atoms with Gasteiger partial charge in [-0.25, -0.2) is 9.59 Å². The maximum absolute atomic E-state index is 11.4. The Morgan fingerprint density at radius 2 is 1.44 bits per heavy atom. The van der Waals surface area contributed by atoms with Gasteiger partial charge in [0.15, 0.2) is 0 Å². The van der Waals surface area contributed by atoms with Gasteiger partial charge in [-0.2, -0.15) is 8.78 Å². The van der Waals surface area contributed by atoms with Crippen molar-refractivity contribution in [2.45, 2.75) is 0 Å². The maximum atomic E-state index is 11.4. The van der Waals surface area contributed by atoms with Crippen LogP contribution in [0.5, 0.6) is 0 Å². The van der Waals surface area contributed by atoms with Crippen molar-refractivity contribution in [1.29, 1.82) is 0 Å². The molecular formula is C4F2O3. The molecule has 0 fully saturated rings. The first-order chi connectivity index (χ1) is 4.20. The maximum Gasteiger partial charge on any atom is 0.367 e. The van der Waals surface area contributed by atoms with Crippen LogP contribution in [-0.4, -0.2) is 11.9 Å². The molecule has 0 radical (unpaired) electrons. The van der Waals surface area contributed by atoms with Gasteiger partial charge in [0.2, 0.25) is 11.9 Å². The van der Waals surface area contributed by atoms with Crippen LogP contribution in [0.15, 0.2) is 12.0 Å². The van der Waals surface area contributed by atoms with Crippen LogP contribution < -0.4 is 0 Å². The first-order valence-corrected chi connectivity index (χ1v) is 1.69. The lowest BCUT2D eigenvalue weighted by atomic mass is 11.0. The van der Waals surface area contributed by atoms with E-state index in [-0.39, 0.29) is 0 Å². The lowest BCUT2D eigenvalue weighted by Crippen LogP contribution is -1.83. The van der Waals surface area contributed by atoms with Crippen LogP contribution in [0.3, 0.4) is 0 Å². The summed E-state index contributed by atoms with van der Waals surface area (Å²) in [6.07, 6.45) is 0. The minimum Gasteiger partial charge on any atom is -0.387 e. The van der Waals surface area contributed by atoms with Crippen LogP contribution in [0.1, 0.15) is 0 Å². The molecule has 0 atom stereocenters. The average Bonchev–Trinajstić information content (AvgIpc) is 1.87. The highest BCUT2D eigenvalue weighted by Crippen LogP contribution is 2.00. The van der Waals surface area contributed by atoms with Gasteiger partial charge in [0.1, 0.15) is 0 Å². The van der Waals surface area contributed by atoms with Gasteiger partial charge in [-0.1, -0.05) is 0 Å². The van der Waals surface area contributed by atoms with Crippen molar-refractivity contribution in [3.8, 4) is 0 Å². The van der Waals surface area contributed by atoms with Crippen molar-refractivity contribution < 1.29 is 23.1 Å². The molecule has 3 nitrogen and oxygen atoms in total. The molecule has 0 aromatic heterocycles. The van der Waals surface area contributed by atoms with Crippen molar-refractivity contribution in [2.24, 2.45) is 0 Å². The molecule has 0 spiro atoms. The summed E-state index contributed by atoms with van der Waals surface area (Å²) in [5.74, 6) is 1.14. The lowest BCUT2D eigenvalue weighted by molar-refractivity contribution is 0.163. The highest BCUT2D eigenvalue weighted by molar-refractivity contribution is 5.50. The lowest BCUT2D eigenvalue weighted by Gasteiger charge is -1.86. The van der Waals surface area contributed by atoms with E-state index in [1.54, 1.807) is 0 Å². The zero-order valence-electron chi connectivity index (χ0n) is 3.98. The summed E-state index contributed by atoms with van der Waals surface area (Å²) in [7, 11) is 0. The second-order valence-electron chi connectivity index (χ2n) is 0.854. The molecule has 9 heavy (non-hydrogen) atoms. The van der Waals surface area contributed by atoms with Crippen LogP contribution in [-0.2, 0) is 14.3 Å². The Kier molecular flexibility index (Phi) is 2.98. The fourth-order valence-electron chi connectivity index (χ4n) is 0.120. The van der Waals surface area contributed by atoms with E-state index in [0.717, 1.165) is 0 Å². The molecule has 0 aliphatic rings. The predicted octanol–water partition coefficient (Wildman–Crippen LogP) is 0.288. The van der Waals surface area contributed by atoms with Gasteiger partial charge < -0.3 is 4.74 Å². The zero-order valence-corrected chi connectivity index (χ0v) is 3.98. The smallest absolute Gasteiger partial charge is 0.367 e. The largest absolute Gasteiger partial charge is 0.387 e. The fourth-order valence-corrected chi connectivity index (χ4v) is 0.120. The number of rotatable bonds is 2.